The SMILES string of the molecule is C=CC[NH+]1CNc2c(c(=O)[nH]c(=S)n2Cc2ccco2)C1. The predicted octanol–water partition coefficient (Wildman–Crippen LogP) is 0.501. The molecule has 0 aliphatic carbocycles. The number of hydrogen-bond acceptors (Lipinski definition) is 4. The van der Waals surface area contributed by atoms with Crippen molar-refractivity contribution in [3.8, 4) is 0 Å². The zero-order valence-corrected chi connectivity index (χ0v) is 12.3. The maximum atomic E-state index is 12.2. The summed E-state index contributed by atoms with van der Waals surface area (Å²) >= 11 is 5.28. The van der Waals surface area contributed by atoms with Crippen molar-refractivity contribution in [2.24, 2.45) is 0 Å². The van der Waals surface area contributed by atoms with Gasteiger partial charge in [0, 0.05) is 0 Å². The Labute approximate surface area is 126 Å². The molecular weight excluding hydrogens is 288 g/mol. The second-order valence-electron chi connectivity index (χ2n) is 5.03. The summed E-state index contributed by atoms with van der Waals surface area (Å²) in [7, 11) is 0. The highest BCUT2D eigenvalue weighted by Crippen LogP contribution is 2.15. The lowest BCUT2D eigenvalue weighted by molar-refractivity contribution is -0.906. The first-order valence-electron chi connectivity index (χ1n) is 6.75. The third kappa shape index (κ3) is 2.70. The van der Waals surface area contributed by atoms with E-state index in [1.165, 1.54) is 4.90 Å². The molecule has 0 fully saturated rings. The van der Waals surface area contributed by atoms with Crippen LogP contribution in [0.25, 0.3) is 0 Å². The van der Waals surface area contributed by atoms with Crippen molar-refractivity contribution >= 4 is 18.0 Å². The summed E-state index contributed by atoms with van der Waals surface area (Å²) in [5.74, 6) is 1.58. The van der Waals surface area contributed by atoms with Crippen LogP contribution in [0.1, 0.15) is 11.3 Å². The van der Waals surface area contributed by atoms with Crippen molar-refractivity contribution in [1.29, 1.82) is 0 Å². The topological polar surface area (TPSA) is 67.4 Å². The van der Waals surface area contributed by atoms with Gasteiger partial charge in [-0.3, -0.25) is 14.3 Å². The van der Waals surface area contributed by atoms with Gasteiger partial charge in [-0.25, -0.2) is 0 Å². The molecule has 1 atom stereocenters. The van der Waals surface area contributed by atoms with Gasteiger partial charge < -0.3 is 14.6 Å². The van der Waals surface area contributed by atoms with Crippen molar-refractivity contribution < 1.29 is 9.32 Å². The van der Waals surface area contributed by atoms with E-state index in [0.717, 1.165) is 30.4 Å². The van der Waals surface area contributed by atoms with Crippen LogP contribution in [-0.2, 0) is 13.1 Å². The fourth-order valence-corrected chi connectivity index (χ4v) is 2.81. The van der Waals surface area contributed by atoms with Gasteiger partial charge in [0.15, 0.2) is 11.4 Å². The van der Waals surface area contributed by atoms with Crippen LogP contribution in [0.3, 0.4) is 0 Å². The quantitative estimate of drug-likeness (QED) is 0.568. The van der Waals surface area contributed by atoms with Crippen molar-refractivity contribution in [2.45, 2.75) is 13.1 Å². The summed E-state index contributed by atoms with van der Waals surface area (Å²) in [5, 5.41) is 3.31. The summed E-state index contributed by atoms with van der Waals surface area (Å²) in [4.78, 5) is 16.1. The molecule has 1 aliphatic heterocycles. The van der Waals surface area contributed by atoms with Crippen molar-refractivity contribution in [3.05, 3.63) is 57.5 Å². The number of furan rings is 1. The highest BCUT2D eigenvalue weighted by Gasteiger charge is 2.24. The Morgan fingerprint density at radius 3 is 3.14 bits per heavy atom. The normalized spacial score (nSPS) is 17.0. The summed E-state index contributed by atoms with van der Waals surface area (Å²) < 4.78 is 7.64. The number of anilines is 1. The first kappa shape index (κ1) is 13.8. The van der Waals surface area contributed by atoms with Gasteiger partial charge in [-0.1, -0.05) is 6.58 Å². The van der Waals surface area contributed by atoms with Gasteiger partial charge in [0.2, 0.25) is 0 Å². The molecule has 0 bridgehead atoms. The lowest BCUT2D eigenvalue weighted by atomic mass is 10.2. The number of H-pyrrole nitrogens is 1. The number of aromatic amines is 1. The molecule has 2 aromatic heterocycles. The number of aromatic nitrogens is 2. The van der Waals surface area contributed by atoms with Crippen LogP contribution < -0.4 is 15.8 Å². The van der Waals surface area contributed by atoms with Gasteiger partial charge >= 0.3 is 0 Å². The Bertz CT molecular complexity index is 760. The van der Waals surface area contributed by atoms with Gasteiger partial charge in [-0.15, -0.1) is 0 Å². The second-order valence-corrected chi connectivity index (χ2v) is 5.41. The van der Waals surface area contributed by atoms with E-state index >= 15 is 0 Å². The lowest BCUT2D eigenvalue weighted by Gasteiger charge is -2.27. The first-order chi connectivity index (χ1) is 10.2. The standard InChI is InChI=1S/C14H16N4O2S/c1-2-5-17-8-11-12(15-9-17)18(14(21)16-13(11)19)7-10-4-3-6-20-10/h2-4,6,15H,1,5,7-9H2,(H,16,19,21)/p+1. The number of nitrogens with one attached hydrogen (secondary N) is 3. The molecule has 2 aromatic rings. The average Bonchev–Trinajstić information content (AvgIpc) is 2.97. The van der Waals surface area contributed by atoms with Crippen LogP contribution in [0.5, 0.6) is 0 Å². The van der Waals surface area contributed by atoms with E-state index in [9.17, 15) is 4.79 Å². The van der Waals surface area contributed by atoms with Gasteiger partial charge in [0.25, 0.3) is 5.56 Å². The van der Waals surface area contributed by atoms with E-state index < -0.39 is 0 Å². The molecule has 6 nitrogen and oxygen atoms in total. The van der Waals surface area contributed by atoms with Crippen molar-refractivity contribution in [1.82, 2.24) is 9.55 Å². The zero-order valence-electron chi connectivity index (χ0n) is 11.5. The molecule has 0 saturated heterocycles. The molecule has 21 heavy (non-hydrogen) atoms. The molecule has 0 radical (unpaired) electrons. The van der Waals surface area contributed by atoms with Crippen molar-refractivity contribution in [3.63, 3.8) is 0 Å². The highest BCUT2D eigenvalue weighted by molar-refractivity contribution is 7.71. The van der Waals surface area contributed by atoms with Gasteiger partial charge in [-0.05, 0) is 30.4 Å². The molecule has 1 aliphatic rings. The molecule has 7 heteroatoms. The molecule has 1 unspecified atom stereocenters. The van der Waals surface area contributed by atoms with E-state index in [-0.39, 0.29) is 5.56 Å². The third-order valence-corrected chi connectivity index (χ3v) is 3.88. The van der Waals surface area contributed by atoms with Gasteiger partial charge in [-0.2, -0.15) is 0 Å². The van der Waals surface area contributed by atoms with Crippen LogP contribution in [0.4, 0.5) is 5.82 Å². The Morgan fingerprint density at radius 2 is 2.43 bits per heavy atom. The maximum absolute atomic E-state index is 12.2. The Hall–Kier alpha value is -2.12. The number of rotatable bonds is 4. The fraction of sp³-hybridized carbons (Fsp3) is 0.286. The smallest absolute Gasteiger partial charge is 0.262 e. The van der Waals surface area contributed by atoms with Crippen molar-refractivity contribution in [2.75, 3.05) is 18.5 Å². The van der Waals surface area contributed by atoms with Gasteiger partial charge in [0.1, 0.15) is 23.7 Å². The molecule has 0 aromatic carbocycles. The monoisotopic (exact) mass is 305 g/mol. The molecule has 0 saturated carbocycles. The molecule has 0 amide bonds. The van der Waals surface area contributed by atoms with Crippen LogP contribution in [0.2, 0.25) is 0 Å². The minimum absolute atomic E-state index is 0.126. The Morgan fingerprint density at radius 1 is 1.57 bits per heavy atom. The third-order valence-electron chi connectivity index (χ3n) is 3.56. The minimum Gasteiger partial charge on any atom is -0.467 e. The van der Waals surface area contributed by atoms with E-state index in [0.29, 0.717) is 17.9 Å². The highest BCUT2D eigenvalue weighted by atomic mass is 32.1. The number of nitrogens with zero attached hydrogens (tertiary/aromatic N) is 1. The van der Waals surface area contributed by atoms with Crippen LogP contribution in [-0.4, -0.2) is 22.8 Å². The first-order valence-corrected chi connectivity index (χ1v) is 7.16. The van der Waals surface area contributed by atoms with E-state index in [2.05, 4.69) is 16.9 Å². The molecule has 3 heterocycles. The van der Waals surface area contributed by atoms with Gasteiger partial charge in [0.05, 0.1) is 19.4 Å². The fourth-order valence-electron chi connectivity index (χ4n) is 2.56. The van der Waals surface area contributed by atoms with Crippen LogP contribution in [0.15, 0.2) is 40.3 Å². The number of quaternary nitrogens is 1. The molecular formula is C14H17N4O2S+. The Kier molecular flexibility index (Phi) is 3.76. The summed E-state index contributed by atoms with van der Waals surface area (Å²) in [6, 6.07) is 3.72. The van der Waals surface area contributed by atoms with E-state index in [4.69, 9.17) is 16.6 Å². The molecule has 3 rings (SSSR count). The van der Waals surface area contributed by atoms with Crippen LogP contribution in [0, 0.1) is 4.77 Å². The van der Waals surface area contributed by atoms with Crippen LogP contribution >= 0.6 is 12.2 Å². The zero-order chi connectivity index (χ0) is 14.8. The second kappa shape index (κ2) is 5.71. The van der Waals surface area contributed by atoms with E-state index in [1.807, 2.05) is 22.8 Å². The summed E-state index contributed by atoms with van der Waals surface area (Å²) in [6.45, 7) is 6.43. The minimum atomic E-state index is -0.126. The predicted molar refractivity (Wildman–Crippen MR) is 81.9 cm³/mol. The largest absolute Gasteiger partial charge is 0.467 e. The molecule has 110 valence electrons. The lowest BCUT2D eigenvalue weighted by Crippen LogP contribution is -3.12. The summed E-state index contributed by atoms with van der Waals surface area (Å²) in [5.41, 5.74) is 0.595. The average molecular weight is 305 g/mol. The molecule has 0 spiro atoms. The number of fused-ring (bicyclic) bond motifs is 1. The van der Waals surface area contributed by atoms with E-state index in [1.54, 1.807) is 6.26 Å². The summed E-state index contributed by atoms with van der Waals surface area (Å²) in [6.07, 6.45) is 3.48. The maximum Gasteiger partial charge on any atom is 0.262 e. The molecule has 3 N–H and O–H groups in total. The number of hydrogen-bond donors (Lipinski definition) is 3. The Balaban J connectivity index is 2.02.